The molecular formula is C13H17F4NO. The zero-order valence-electron chi connectivity index (χ0n) is 10.7. The molecule has 0 aliphatic heterocycles. The van der Waals surface area contributed by atoms with Crippen molar-refractivity contribution in [2.75, 3.05) is 0 Å². The summed E-state index contributed by atoms with van der Waals surface area (Å²) in [5.74, 6) is -1.22. The minimum Gasteiger partial charge on any atom is -0.391 e. The van der Waals surface area contributed by atoms with Crippen molar-refractivity contribution in [3.63, 3.8) is 0 Å². The van der Waals surface area contributed by atoms with Gasteiger partial charge in [0.2, 0.25) is 0 Å². The van der Waals surface area contributed by atoms with E-state index >= 15 is 0 Å². The quantitative estimate of drug-likeness (QED) is 0.831. The lowest BCUT2D eigenvalue weighted by Crippen LogP contribution is -2.32. The highest BCUT2D eigenvalue weighted by Crippen LogP contribution is 2.32. The molecule has 3 N–H and O–H groups in total. The van der Waals surface area contributed by atoms with E-state index in [1.54, 1.807) is 6.92 Å². The molecule has 1 aromatic carbocycles. The maximum atomic E-state index is 13.7. The van der Waals surface area contributed by atoms with Crippen LogP contribution < -0.4 is 5.73 Å². The molecule has 0 saturated heterocycles. The normalized spacial score (nSPS) is 17.1. The molecule has 0 bridgehead atoms. The average Bonchev–Trinajstić information content (AvgIpc) is 2.34. The van der Waals surface area contributed by atoms with Gasteiger partial charge < -0.3 is 10.8 Å². The van der Waals surface area contributed by atoms with Crippen LogP contribution in [-0.4, -0.2) is 11.2 Å². The van der Waals surface area contributed by atoms with Crippen molar-refractivity contribution >= 4 is 0 Å². The second kappa shape index (κ2) is 5.88. The molecule has 0 fully saturated rings. The summed E-state index contributed by atoms with van der Waals surface area (Å²) in [6.07, 6.45) is -4.97. The molecule has 0 amide bonds. The van der Waals surface area contributed by atoms with E-state index in [0.29, 0.717) is 12.5 Å². The summed E-state index contributed by atoms with van der Waals surface area (Å²) < 4.78 is 50.9. The van der Waals surface area contributed by atoms with Gasteiger partial charge in [-0.05, 0) is 18.1 Å². The molecule has 1 unspecified atom stereocenters. The molecule has 108 valence electrons. The van der Waals surface area contributed by atoms with Crippen LogP contribution in [0.15, 0.2) is 18.2 Å². The number of nitrogens with two attached hydrogens (primary N) is 1. The number of benzene rings is 1. The lowest BCUT2D eigenvalue weighted by Gasteiger charge is -2.24. The maximum Gasteiger partial charge on any atom is 0.416 e. The monoisotopic (exact) mass is 279 g/mol. The van der Waals surface area contributed by atoms with Crippen LogP contribution >= 0.6 is 0 Å². The Balaban J connectivity index is 3.03. The largest absolute Gasteiger partial charge is 0.416 e. The van der Waals surface area contributed by atoms with Crippen LogP contribution in [0.3, 0.4) is 0 Å². The van der Waals surface area contributed by atoms with Gasteiger partial charge in [-0.15, -0.1) is 0 Å². The van der Waals surface area contributed by atoms with Gasteiger partial charge in [0.1, 0.15) is 5.82 Å². The van der Waals surface area contributed by atoms with Crippen molar-refractivity contribution in [2.24, 2.45) is 11.7 Å². The second-order valence-corrected chi connectivity index (χ2v) is 4.64. The molecule has 19 heavy (non-hydrogen) atoms. The van der Waals surface area contributed by atoms with E-state index in [9.17, 15) is 22.7 Å². The summed E-state index contributed by atoms with van der Waals surface area (Å²) in [7, 11) is 0. The van der Waals surface area contributed by atoms with Gasteiger partial charge in [0.15, 0.2) is 0 Å². The predicted molar refractivity (Wildman–Crippen MR) is 63.8 cm³/mol. The summed E-state index contributed by atoms with van der Waals surface area (Å²) in [6.45, 7) is 3.58. The Morgan fingerprint density at radius 2 is 1.89 bits per heavy atom. The minimum atomic E-state index is -4.60. The first-order valence-corrected chi connectivity index (χ1v) is 5.98. The zero-order valence-corrected chi connectivity index (χ0v) is 10.7. The number of aliphatic hydroxyl groups is 1. The standard InChI is InChI=1S/C13H17F4NO/c1-3-7(2)12(19)11(18)9-5-4-8(6-10(9)14)13(15,16)17/h4-7,11-12,19H,3,18H2,1-2H3/t7?,11-,12+/m0/s1. The third kappa shape index (κ3) is 3.67. The van der Waals surface area contributed by atoms with Gasteiger partial charge >= 0.3 is 6.18 Å². The number of halogens is 4. The zero-order chi connectivity index (χ0) is 14.8. The minimum absolute atomic E-state index is 0.110. The van der Waals surface area contributed by atoms with Gasteiger partial charge in [-0.3, -0.25) is 0 Å². The van der Waals surface area contributed by atoms with Gasteiger partial charge in [-0.2, -0.15) is 13.2 Å². The van der Waals surface area contributed by atoms with Crippen LogP contribution in [0.2, 0.25) is 0 Å². The van der Waals surface area contributed by atoms with Crippen molar-refractivity contribution in [1.82, 2.24) is 0 Å². The molecule has 0 heterocycles. The van der Waals surface area contributed by atoms with E-state index in [-0.39, 0.29) is 11.5 Å². The van der Waals surface area contributed by atoms with E-state index < -0.39 is 29.7 Å². The van der Waals surface area contributed by atoms with Gasteiger partial charge in [0.25, 0.3) is 0 Å². The highest BCUT2D eigenvalue weighted by molar-refractivity contribution is 5.29. The fraction of sp³-hybridized carbons (Fsp3) is 0.538. The summed E-state index contributed by atoms with van der Waals surface area (Å²) >= 11 is 0. The summed E-state index contributed by atoms with van der Waals surface area (Å²) in [5, 5.41) is 9.88. The number of aliphatic hydroxyl groups excluding tert-OH is 1. The summed E-state index contributed by atoms with van der Waals surface area (Å²) in [6, 6.07) is 1.10. The summed E-state index contributed by atoms with van der Waals surface area (Å²) in [4.78, 5) is 0. The van der Waals surface area contributed by atoms with E-state index in [2.05, 4.69) is 0 Å². The highest BCUT2D eigenvalue weighted by Gasteiger charge is 2.32. The first-order chi connectivity index (χ1) is 8.68. The number of alkyl halides is 3. The molecule has 6 heteroatoms. The SMILES string of the molecule is CCC(C)[C@@H](O)[C@@H](N)c1ccc(C(F)(F)F)cc1F. The first-order valence-electron chi connectivity index (χ1n) is 5.98. The third-order valence-electron chi connectivity index (χ3n) is 3.28. The number of hydrogen-bond acceptors (Lipinski definition) is 2. The molecule has 2 nitrogen and oxygen atoms in total. The van der Waals surface area contributed by atoms with Gasteiger partial charge in [-0.25, -0.2) is 4.39 Å². The van der Waals surface area contributed by atoms with Crippen molar-refractivity contribution in [3.8, 4) is 0 Å². The molecular weight excluding hydrogens is 262 g/mol. The molecule has 0 aliphatic carbocycles. The van der Waals surface area contributed by atoms with Crippen LogP contribution in [0.5, 0.6) is 0 Å². The van der Waals surface area contributed by atoms with Crippen molar-refractivity contribution in [2.45, 2.75) is 38.6 Å². The highest BCUT2D eigenvalue weighted by atomic mass is 19.4. The fourth-order valence-electron chi connectivity index (χ4n) is 1.75. The smallest absolute Gasteiger partial charge is 0.391 e. The lowest BCUT2D eigenvalue weighted by atomic mass is 9.91. The molecule has 0 saturated carbocycles. The van der Waals surface area contributed by atoms with Gasteiger partial charge in [0, 0.05) is 5.56 Å². The van der Waals surface area contributed by atoms with E-state index in [0.717, 1.165) is 12.1 Å². The molecule has 1 aromatic rings. The average molecular weight is 279 g/mol. The van der Waals surface area contributed by atoms with Crippen LogP contribution in [0, 0.1) is 11.7 Å². The molecule has 0 aromatic heterocycles. The van der Waals surface area contributed by atoms with Crippen LogP contribution in [0.4, 0.5) is 17.6 Å². The van der Waals surface area contributed by atoms with Crippen LogP contribution in [0.25, 0.3) is 0 Å². The Kier molecular flexibility index (Phi) is 4.92. The molecule has 0 spiro atoms. The molecule has 0 radical (unpaired) electrons. The number of rotatable bonds is 4. The number of hydrogen-bond donors (Lipinski definition) is 2. The Hall–Kier alpha value is -1.14. The Morgan fingerprint density at radius 3 is 2.32 bits per heavy atom. The van der Waals surface area contributed by atoms with E-state index in [1.165, 1.54) is 0 Å². The molecule has 1 rings (SSSR count). The van der Waals surface area contributed by atoms with Crippen molar-refractivity contribution < 1.29 is 22.7 Å². The lowest BCUT2D eigenvalue weighted by molar-refractivity contribution is -0.137. The predicted octanol–water partition coefficient (Wildman–Crippen LogP) is 3.25. The van der Waals surface area contributed by atoms with E-state index in [4.69, 9.17) is 5.73 Å². The maximum absolute atomic E-state index is 13.7. The summed E-state index contributed by atoms with van der Waals surface area (Å²) in [5.41, 5.74) is 4.52. The second-order valence-electron chi connectivity index (χ2n) is 4.64. The molecule has 3 atom stereocenters. The Bertz CT molecular complexity index is 433. The van der Waals surface area contributed by atoms with Gasteiger partial charge in [-0.1, -0.05) is 26.3 Å². The van der Waals surface area contributed by atoms with Gasteiger partial charge in [0.05, 0.1) is 17.7 Å². The van der Waals surface area contributed by atoms with Crippen molar-refractivity contribution in [3.05, 3.63) is 35.1 Å². The van der Waals surface area contributed by atoms with Crippen molar-refractivity contribution in [1.29, 1.82) is 0 Å². The fourth-order valence-corrected chi connectivity index (χ4v) is 1.75. The van der Waals surface area contributed by atoms with E-state index in [1.807, 2.05) is 6.92 Å². The van der Waals surface area contributed by atoms with Crippen LogP contribution in [0.1, 0.15) is 37.4 Å². The Labute approximate surface area is 109 Å². The Morgan fingerprint density at radius 1 is 1.32 bits per heavy atom. The molecule has 0 aliphatic rings. The van der Waals surface area contributed by atoms with Crippen LogP contribution in [-0.2, 0) is 6.18 Å². The topological polar surface area (TPSA) is 46.2 Å². The first kappa shape index (κ1) is 15.9. The third-order valence-corrected chi connectivity index (χ3v) is 3.28.